The molecule has 2 amide bonds. The van der Waals surface area contributed by atoms with Crippen LogP contribution in [0.1, 0.15) is 18.1 Å². The fourth-order valence-electron chi connectivity index (χ4n) is 2.76. The van der Waals surface area contributed by atoms with E-state index in [9.17, 15) is 14.4 Å². The van der Waals surface area contributed by atoms with E-state index in [-0.39, 0.29) is 11.5 Å². The highest BCUT2D eigenvalue weighted by atomic mass is 127. The van der Waals surface area contributed by atoms with E-state index >= 15 is 0 Å². The van der Waals surface area contributed by atoms with Crippen LogP contribution in [0, 0.1) is 3.57 Å². The van der Waals surface area contributed by atoms with Crippen molar-refractivity contribution in [2.75, 3.05) is 20.3 Å². The molecule has 0 N–H and O–H groups in total. The maximum atomic E-state index is 12.5. The minimum Gasteiger partial charge on any atom is -0.493 e. The molecule has 1 saturated heterocycles. The molecule has 0 atom stereocenters. The van der Waals surface area contributed by atoms with Gasteiger partial charge in [-0.2, -0.15) is 0 Å². The first-order valence-electron chi connectivity index (χ1n) is 9.37. The highest BCUT2D eigenvalue weighted by molar-refractivity contribution is 14.1. The Kier molecular flexibility index (Phi) is 7.97. The molecule has 1 fully saturated rings. The standard InChI is InChI=1S/C22H20INO6S/c1-3-29-20(25)12-24-21(26)19(31-22(24)27)11-15-6-9-17(18(10-15)28-2)30-13-14-4-7-16(23)8-5-14/h4-11H,3,12-13H2,1-2H3/b19-11-. The van der Waals surface area contributed by atoms with Gasteiger partial charge < -0.3 is 14.2 Å². The van der Waals surface area contributed by atoms with Gasteiger partial charge in [0.25, 0.3) is 11.1 Å². The van der Waals surface area contributed by atoms with Crippen LogP contribution in [0.15, 0.2) is 47.4 Å². The van der Waals surface area contributed by atoms with Crippen LogP contribution >= 0.6 is 34.4 Å². The van der Waals surface area contributed by atoms with Crippen molar-refractivity contribution in [2.45, 2.75) is 13.5 Å². The Hall–Kier alpha value is -2.53. The van der Waals surface area contributed by atoms with Crippen molar-refractivity contribution in [1.29, 1.82) is 0 Å². The summed E-state index contributed by atoms with van der Waals surface area (Å²) in [4.78, 5) is 37.4. The lowest BCUT2D eigenvalue weighted by Gasteiger charge is -2.12. The molecule has 9 heteroatoms. The Balaban J connectivity index is 1.72. The number of hydrogen-bond donors (Lipinski definition) is 0. The highest BCUT2D eigenvalue weighted by Crippen LogP contribution is 2.34. The number of rotatable bonds is 8. The predicted molar refractivity (Wildman–Crippen MR) is 126 cm³/mol. The molecule has 0 radical (unpaired) electrons. The molecule has 0 bridgehead atoms. The van der Waals surface area contributed by atoms with Gasteiger partial charge in [0.15, 0.2) is 11.5 Å². The molecule has 2 aromatic rings. The Morgan fingerprint density at radius 1 is 1.13 bits per heavy atom. The van der Waals surface area contributed by atoms with Crippen molar-refractivity contribution in [3.8, 4) is 11.5 Å². The number of ether oxygens (including phenoxy) is 3. The second-order valence-corrected chi connectivity index (χ2v) is 8.64. The average molecular weight is 553 g/mol. The molecule has 162 valence electrons. The number of esters is 1. The zero-order valence-electron chi connectivity index (χ0n) is 16.9. The summed E-state index contributed by atoms with van der Waals surface area (Å²) < 4.78 is 17.2. The minimum absolute atomic E-state index is 0.183. The number of hydrogen-bond acceptors (Lipinski definition) is 7. The third kappa shape index (κ3) is 6.01. The second-order valence-electron chi connectivity index (χ2n) is 6.40. The lowest BCUT2D eigenvalue weighted by molar-refractivity contribution is -0.145. The second kappa shape index (κ2) is 10.7. The number of methoxy groups -OCH3 is 1. The van der Waals surface area contributed by atoms with E-state index in [2.05, 4.69) is 22.6 Å². The first kappa shape index (κ1) is 23.1. The molecule has 0 saturated carbocycles. The summed E-state index contributed by atoms with van der Waals surface area (Å²) in [5, 5.41) is -0.506. The van der Waals surface area contributed by atoms with E-state index in [1.54, 1.807) is 31.2 Å². The predicted octanol–water partition coefficient (Wildman–Crippen LogP) is 4.48. The monoisotopic (exact) mass is 553 g/mol. The normalized spacial score (nSPS) is 14.8. The smallest absolute Gasteiger partial charge is 0.326 e. The molecule has 2 aromatic carbocycles. The van der Waals surface area contributed by atoms with Gasteiger partial charge in [0.2, 0.25) is 0 Å². The molecular weight excluding hydrogens is 533 g/mol. The fraction of sp³-hybridized carbons (Fsp3) is 0.227. The Bertz CT molecular complexity index is 1020. The topological polar surface area (TPSA) is 82.1 Å². The maximum absolute atomic E-state index is 12.5. The molecule has 7 nitrogen and oxygen atoms in total. The van der Waals surface area contributed by atoms with E-state index in [1.807, 2.05) is 24.3 Å². The van der Waals surface area contributed by atoms with Crippen LogP contribution in [0.25, 0.3) is 6.08 Å². The van der Waals surface area contributed by atoms with Gasteiger partial charge in [0.05, 0.1) is 18.6 Å². The van der Waals surface area contributed by atoms with Crippen molar-refractivity contribution < 1.29 is 28.6 Å². The van der Waals surface area contributed by atoms with Gasteiger partial charge in [-0.3, -0.25) is 19.3 Å². The van der Waals surface area contributed by atoms with E-state index < -0.39 is 23.7 Å². The fourth-order valence-corrected chi connectivity index (χ4v) is 3.96. The third-order valence-corrected chi connectivity index (χ3v) is 5.89. The molecule has 3 rings (SSSR count). The Morgan fingerprint density at radius 2 is 1.87 bits per heavy atom. The van der Waals surface area contributed by atoms with Gasteiger partial charge in [0, 0.05) is 3.57 Å². The summed E-state index contributed by atoms with van der Waals surface area (Å²) in [6.07, 6.45) is 1.58. The quantitative estimate of drug-likeness (QED) is 0.271. The number of halogens is 1. The van der Waals surface area contributed by atoms with Gasteiger partial charge in [0.1, 0.15) is 13.2 Å². The SMILES string of the molecule is CCOC(=O)CN1C(=O)S/C(=C\c2ccc(OCc3ccc(I)cc3)c(OC)c2)C1=O. The van der Waals surface area contributed by atoms with E-state index in [0.717, 1.165) is 25.8 Å². The summed E-state index contributed by atoms with van der Waals surface area (Å²) in [6.45, 7) is 1.83. The largest absolute Gasteiger partial charge is 0.493 e. The molecule has 31 heavy (non-hydrogen) atoms. The van der Waals surface area contributed by atoms with Crippen LogP contribution in [0.4, 0.5) is 4.79 Å². The third-order valence-electron chi connectivity index (χ3n) is 4.26. The molecule has 1 aliphatic rings. The number of carbonyl (C=O) groups is 3. The summed E-state index contributed by atoms with van der Waals surface area (Å²) in [7, 11) is 1.53. The van der Waals surface area contributed by atoms with Crippen molar-refractivity contribution in [2.24, 2.45) is 0 Å². The van der Waals surface area contributed by atoms with Gasteiger partial charge >= 0.3 is 5.97 Å². The number of imide groups is 1. The van der Waals surface area contributed by atoms with Crippen molar-refractivity contribution in [1.82, 2.24) is 4.90 Å². The van der Waals surface area contributed by atoms with E-state index in [1.165, 1.54) is 7.11 Å². The van der Waals surface area contributed by atoms with Gasteiger partial charge in [-0.1, -0.05) is 18.2 Å². The molecule has 0 unspecified atom stereocenters. The summed E-state index contributed by atoms with van der Waals surface area (Å²) >= 11 is 3.03. The zero-order valence-corrected chi connectivity index (χ0v) is 19.9. The lowest BCUT2D eigenvalue weighted by atomic mass is 10.1. The molecule has 0 aliphatic carbocycles. The van der Waals surface area contributed by atoms with Gasteiger partial charge in [-0.25, -0.2) is 0 Å². The lowest BCUT2D eigenvalue weighted by Crippen LogP contribution is -2.34. The number of benzene rings is 2. The van der Waals surface area contributed by atoms with E-state index in [0.29, 0.717) is 23.7 Å². The van der Waals surface area contributed by atoms with E-state index in [4.69, 9.17) is 14.2 Å². The van der Waals surface area contributed by atoms with Crippen molar-refractivity contribution >= 4 is 57.5 Å². The minimum atomic E-state index is -0.623. The summed E-state index contributed by atoms with van der Waals surface area (Å²) in [6, 6.07) is 13.3. The summed E-state index contributed by atoms with van der Waals surface area (Å²) in [5.41, 5.74) is 1.70. The number of carbonyl (C=O) groups excluding carboxylic acids is 3. The summed E-state index contributed by atoms with van der Waals surface area (Å²) in [5.74, 6) is -0.0814. The van der Waals surface area contributed by atoms with Crippen molar-refractivity contribution in [3.05, 3.63) is 62.1 Å². The molecule has 1 heterocycles. The van der Waals surface area contributed by atoms with Crippen molar-refractivity contribution in [3.63, 3.8) is 0 Å². The van der Waals surface area contributed by atoms with Gasteiger partial charge in [-0.05, 0) is 82.7 Å². The van der Waals surface area contributed by atoms with Crippen LogP contribution in [0.3, 0.4) is 0 Å². The van der Waals surface area contributed by atoms with Gasteiger partial charge in [-0.15, -0.1) is 0 Å². The van der Waals surface area contributed by atoms with Crippen LogP contribution in [0.5, 0.6) is 11.5 Å². The number of amides is 2. The van der Waals surface area contributed by atoms with Crippen LogP contribution in [-0.2, 0) is 20.9 Å². The molecule has 0 aromatic heterocycles. The van der Waals surface area contributed by atoms with Crippen LogP contribution < -0.4 is 9.47 Å². The number of nitrogens with zero attached hydrogens (tertiary/aromatic N) is 1. The van der Waals surface area contributed by atoms with Crippen LogP contribution in [-0.4, -0.2) is 42.3 Å². The average Bonchev–Trinajstić information content (AvgIpc) is 3.01. The molecular formula is C22H20INO6S. The van der Waals surface area contributed by atoms with Crippen LogP contribution in [0.2, 0.25) is 0 Å². The number of thioether (sulfide) groups is 1. The first-order valence-corrected chi connectivity index (χ1v) is 11.3. The highest BCUT2D eigenvalue weighted by Gasteiger charge is 2.36. The first-order chi connectivity index (χ1) is 14.9. The zero-order chi connectivity index (χ0) is 22.4. The molecule has 1 aliphatic heterocycles. The Morgan fingerprint density at radius 3 is 2.55 bits per heavy atom. The maximum Gasteiger partial charge on any atom is 0.326 e. The Labute approximate surface area is 197 Å². The molecule has 0 spiro atoms.